The number of amides is 1. The van der Waals surface area contributed by atoms with Gasteiger partial charge < -0.3 is 10.6 Å². The van der Waals surface area contributed by atoms with Crippen LogP contribution in [0.15, 0.2) is 24.3 Å². The minimum Gasteiger partial charge on any atom is -0.326 e. The van der Waals surface area contributed by atoms with Gasteiger partial charge in [-0.2, -0.15) is 0 Å². The number of carbonyl (C=O) groups excluding carboxylic acids is 1. The summed E-state index contributed by atoms with van der Waals surface area (Å²) in [4.78, 5) is 10.9. The highest BCUT2D eigenvalue weighted by Gasteiger charge is 2.19. The minimum atomic E-state index is -0.0310. The summed E-state index contributed by atoms with van der Waals surface area (Å²) >= 11 is 1.96. The van der Waals surface area contributed by atoms with E-state index in [4.69, 9.17) is 0 Å². The Hall–Kier alpha value is -1.00. The van der Waals surface area contributed by atoms with E-state index in [9.17, 15) is 4.79 Å². The normalized spacial score (nSPS) is 24.4. The summed E-state index contributed by atoms with van der Waals surface area (Å²) < 4.78 is 0. The first kappa shape index (κ1) is 12.5. The molecule has 0 aliphatic carbocycles. The first-order valence-corrected chi connectivity index (χ1v) is 6.86. The van der Waals surface area contributed by atoms with Gasteiger partial charge in [0.1, 0.15) is 0 Å². The second-order valence-corrected chi connectivity index (χ2v) is 5.92. The standard InChI is InChI=1S/C13H18N2OS/c1-9-7-8-14-13(17-9)11-3-5-12(6-4-11)15-10(2)16/h3-6,9,13-14H,7-8H2,1-2H3,(H,15,16). The first-order chi connectivity index (χ1) is 8.15. The zero-order valence-electron chi connectivity index (χ0n) is 10.2. The van der Waals surface area contributed by atoms with Crippen LogP contribution in [0.2, 0.25) is 0 Å². The van der Waals surface area contributed by atoms with Crippen LogP contribution < -0.4 is 10.6 Å². The predicted octanol–water partition coefficient (Wildman–Crippen LogP) is 2.76. The van der Waals surface area contributed by atoms with E-state index in [0.29, 0.717) is 10.6 Å². The number of hydrogen-bond donors (Lipinski definition) is 2. The fraction of sp³-hybridized carbons (Fsp3) is 0.462. The van der Waals surface area contributed by atoms with E-state index in [1.807, 2.05) is 23.9 Å². The van der Waals surface area contributed by atoms with Crippen LogP contribution in [-0.4, -0.2) is 17.7 Å². The Morgan fingerprint density at radius 2 is 2.12 bits per heavy atom. The van der Waals surface area contributed by atoms with Gasteiger partial charge in [-0.25, -0.2) is 0 Å². The molecule has 17 heavy (non-hydrogen) atoms. The third-order valence-electron chi connectivity index (χ3n) is 2.78. The number of nitrogens with one attached hydrogen (secondary N) is 2. The quantitative estimate of drug-likeness (QED) is 0.848. The average molecular weight is 250 g/mol. The SMILES string of the molecule is CC(=O)Nc1ccc(C2NCCC(C)S2)cc1. The van der Waals surface area contributed by atoms with Gasteiger partial charge in [0, 0.05) is 17.9 Å². The van der Waals surface area contributed by atoms with E-state index < -0.39 is 0 Å². The van der Waals surface area contributed by atoms with Crippen molar-refractivity contribution >= 4 is 23.4 Å². The van der Waals surface area contributed by atoms with E-state index in [1.54, 1.807) is 0 Å². The molecule has 3 nitrogen and oxygen atoms in total. The fourth-order valence-corrected chi connectivity index (χ4v) is 3.15. The maximum absolute atomic E-state index is 10.9. The molecule has 2 unspecified atom stereocenters. The second-order valence-electron chi connectivity index (χ2n) is 4.37. The lowest BCUT2D eigenvalue weighted by Gasteiger charge is -2.28. The number of hydrogen-bond acceptors (Lipinski definition) is 3. The number of rotatable bonds is 2. The van der Waals surface area contributed by atoms with Gasteiger partial charge in [-0.1, -0.05) is 19.1 Å². The molecule has 1 heterocycles. The lowest BCUT2D eigenvalue weighted by atomic mass is 10.2. The smallest absolute Gasteiger partial charge is 0.221 e. The molecular formula is C13H18N2OS. The molecule has 1 saturated heterocycles. The largest absolute Gasteiger partial charge is 0.326 e. The summed E-state index contributed by atoms with van der Waals surface area (Å²) in [6.45, 7) is 4.87. The monoisotopic (exact) mass is 250 g/mol. The van der Waals surface area contributed by atoms with Crippen molar-refractivity contribution in [1.29, 1.82) is 0 Å². The molecule has 4 heteroatoms. The summed E-state index contributed by atoms with van der Waals surface area (Å²) in [5.41, 5.74) is 2.13. The van der Waals surface area contributed by atoms with E-state index in [0.717, 1.165) is 12.2 Å². The molecule has 0 aromatic heterocycles. The average Bonchev–Trinajstić information content (AvgIpc) is 2.29. The van der Waals surface area contributed by atoms with Gasteiger partial charge in [0.05, 0.1) is 5.37 Å². The van der Waals surface area contributed by atoms with Gasteiger partial charge in [-0.05, 0) is 30.7 Å². The van der Waals surface area contributed by atoms with Crippen molar-refractivity contribution in [1.82, 2.24) is 5.32 Å². The molecule has 1 aromatic carbocycles. The molecule has 1 aromatic rings. The van der Waals surface area contributed by atoms with Crippen molar-refractivity contribution < 1.29 is 4.79 Å². The number of anilines is 1. The number of benzene rings is 1. The van der Waals surface area contributed by atoms with Gasteiger partial charge >= 0.3 is 0 Å². The van der Waals surface area contributed by atoms with Crippen LogP contribution in [0.25, 0.3) is 0 Å². The lowest BCUT2D eigenvalue weighted by molar-refractivity contribution is -0.114. The van der Waals surface area contributed by atoms with Crippen LogP contribution in [0, 0.1) is 0 Å². The van der Waals surface area contributed by atoms with Gasteiger partial charge in [-0.15, -0.1) is 11.8 Å². The third-order valence-corrected chi connectivity index (χ3v) is 4.19. The van der Waals surface area contributed by atoms with Gasteiger partial charge in [0.25, 0.3) is 0 Å². The minimum absolute atomic E-state index is 0.0310. The van der Waals surface area contributed by atoms with Crippen LogP contribution in [0.4, 0.5) is 5.69 Å². The number of thioether (sulfide) groups is 1. The van der Waals surface area contributed by atoms with Crippen LogP contribution in [0.3, 0.4) is 0 Å². The maximum Gasteiger partial charge on any atom is 0.221 e. The Kier molecular flexibility index (Phi) is 4.07. The highest BCUT2D eigenvalue weighted by atomic mass is 32.2. The summed E-state index contributed by atoms with van der Waals surface area (Å²) in [6.07, 6.45) is 1.23. The maximum atomic E-state index is 10.9. The van der Waals surface area contributed by atoms with Crippen LogP contribution in [0.1, 0.15) is 31.2 Å². The van der Waals surface area contributed by atoms with Crippen LogP contribution >= 0.6 is 11.8 Å². The molecule has 0 spiro atoms. The Balaban J connectivity index is 2.04. The Labute approximate surface area is 106 Å². The van der Waals surface area contributed by atoms with Crippen molar-refractivity contribution in [3.63, 3.8) is 0 Å². The summed E-state index contributed by atoms with van der Waals surface area (Å²) in [5, 5.41) is 7.36. The molecule has 1 amide bonds. The molecule has 92 valence electrons. The Bertz CT molecular complexity index is 391. The van der Waals surface area contributed by atoms with Crippen LogP contribution in [-0.2, 0) is 4.79 Å². The molecule has 1 fully saturated rings. The Morgan fingerprint density at radius 3 is 2.71 bits per heavy atom. The predicted molar refractivity (Wildman–Crippen MR) is 73.2 cm³/mol. The Morgan fingerprint density at radius 1 is 1.41 bits per heavy atom. The summed E-state index contributed by atoms with van der Waals surface area (Å²) in [5.74, 6) is -0.0310. The van der Waals surface area contributed by atoms with Crippen molar-refractivity contribution in [2.24, 2.45) is 0 Å². The fourth-order valence-electron chi connectivity index (χ4n) is 1.91. The zero-order chi connectivity index (χ0) is 12.3. The molecule has 0 bridgehead atoms. The van der Waals surface area contributed by atoms with E-state index in [2.05, 4.69) is 29.7 Å². The van der Waals surface area contributed by atoms with E-state index >= 15 is 0 Å². The molecule has 1 aliphatic rings. The highest BCUT2D eigenvalue weighted by molar-refractivity contribution is 8.00. The molecule has 0 saturated carbocycles. The number of carbonyl (C=O) groups is 1. The van der Waals surface area contributed by atoms with Gasteiger partial charge in [-0.3, -0.25) is 4.79 Å². The lowest BCUT2D eigenvalue weighted by Crippen LogP contribution is -2.28. The third kappa shape index (κ3) is 3.48. The highest BCUT2D eigenvalue weighted by Crippen LogP contribution is 2.34. The van der Waals surface area contributed by atoms with Crippen LogP contribution in [0.5, 0.6) is 0 Å². The molecule has 2 atom stereocenters. The molecule has 1 aliphatic heterocycles. The van der Waals surface area contributed by atoms with Crippen molar-refractivity contribution in [3.8, 4) is 0 Å². The van der Waals surface area contributed by atoms with Gasteiger partial charge in [0.15, 0.2) is 0 Å². The second kappa shape index (κ2) is 5.56. The molecular weight excluding hydrogens is 232 g/mol. The first-order valence-electron chi connectivity index (χ1n) is 5.91. The molecule has 2 rings (SSSR count). The van der Waals surface area contributed by atoms with Crippen molar-refractivity contribution in [2.45, 2.75) is 30.9 Å². The van der Waals surface area contributed by atoms with Crippen molar-refractivity contribution in [2.75, 3.05) is 11.9 Å². The van der Waals surface area contributed by atoms with Crippen molar-refractivity contribution in [3.05, 3.63) is 29.8 Å². The molecule has 0 radical (unpaired) electrons. The zero-order valence-corrected chi connectivity index (χ0v) is 11.0. The van der Waals surface area contributed by atoms with E-state index in [1.165, 1.54) is 18.9 Å². The topological polar surface area (TPSA) is 41.1 Å². The van der Waals surface area contributed by atoms with E-state index in [-0.39, 0.29) is 5.91 Å². The van der Waals surface area contributed by atoms with Gasteiger partial charge in [0.2, 0.25) is 5.91 Å². The molecule has 2 N–H and O–H groups in total. The summed E-state index contributed by atoms with van der Waals surface area (Å²) in [7, 11) is 0. The summed E-state index contributed by atoms with van der Waals surface area (Å²) in [6, 6.07) is 8.07.